The van der Waals surface area contributed by atoms with Gasteiger partial charge in [-0.15, -0.1) is 0 Å². The smallest absolute Gasteiger partial charge is 0.143 e. The Kier molecular flexibility index (Phi) is 3.37. The highest BCUT2D eigenvalue weighted by Gasteiger charge is 2.18. The number of para-hydroxylation sites is 2. The number of hydrogen-bond acceptors (Lipinski definition) is 3. The number of benzene rings is 4. The standard InChI is InChI=1S/C26H19NO2/c1-15-12-20(26-21(13-15)24-16(14-27)6-4-11-23(24)29-26)19-9-5-8-18-17-7-2-3-10-22(17)28-25(18)19/h2-13H,14,27H2,1H3. The number of fused-ring (bicyclic) bond motifs is 6. The highest BCUT2D eigenvalue weighted by molar-refractivity contribution is 6.15. The van der Waals surface area contributed by atoms with Crippen molar-refractivity contribution in [1.29, 1.82) is 0 Å². The van der Waals surface area contributed by atoms with Crippen molar-refractivity contribution in [3.8, 4) is 11.1 Å². The van der Waals surface area contributed by atoms with E-state index in [1.807, 2.05) is 30.3 Å². The van der Waals surface area contributed by atoms with Crippen LogP contribution < -0.4 is 5.73 Å². The molecule has 4 aromatic carbocycles. The first-order chi connectivity index (χ1) is 14.2. The Balaban J connectivity index is 1.76. The van der Waals surface area contributed by atoms with Gasteiger partial charge in [-0.1, -0.05) is 48.5 Å². The quantitative estimate of drug-likeness (QED) is 0.356. The second-order valence-electron chi connectivity index (χ2n) is 7.57. The lowest BCUT2D eigenvalue weighted by Crippen LogP contribution is -1.96. The molecule has 3 heteroatoms. The van der Waals surface area contributed by atoms with E-state index in [1.165, 1.54) is 5.56 Å². The van der Waals surface area contributed by atoms with E-state index in [0.29, 0.717) is 6.54 Å². The molecule has 0 aliphatic carbocycles. The Morgan fingerprint density at radius 2 is 1.41 bits per heavy atom. The van der Waals surface area contributed by atoms with Gasteiger partial charge in [0.1, 0.15) is 22.3 Å². The van der Waals surface area contributed by atoms with Crippen LogP contribution in [0, 0.1) is 6.92 Å². The first-order valence-electron chi connectivity index (χ1n) is 9.80. The summed E-state index contributed by atoms with van der Waals surface area (Å²) >= 11 is 0. The van der Waals surface area contributed by atoms with Crippen molar-refractivity contribution in [2.24, 2.45) is 5.73 Å². The third-order valence-corrected chi connectivity index (χ3v) is 5.74. The van der Waals surface area contributed by atoms with Gasteiger partial charge in [0.25, 0.3) is 0 Å². The van der Waals surface area contributed by atoms with E-state index in [9.17, 15) is 0 Å². The Morgan fingerprint density at radius 1 is 0.690 bits per heavy atom. The highest BCUT2D eigenvalue weighted by atomic mass is 16.3. The van der Waals surface area contributed by atoms with E-state index in [1.54, 1.807) is 0 Å². The van der Waals surface area contributed by atoms with E-state index in [2.05, 4.69) is 49.4 Å². The fourth-order valence-electron chi connectivity index (χ4n) is 4.48. The summed E-state index contributed by atoms with van der Waals surface area (Å²) in [4.78, 5) is 0. The molecular weight excluding hydrogens is 358 g/mol. The molecule has 0 saturated heterocycles. The molecule has 0 fully saturated rings. The molecule has 3 nitrogen and oxygen atoms in total. The molecule has 6 rings (SSSR count). The summed E-state index contributed by atoms with van der Waals surface area (Å²) in [5, 5.41) is 4.45. The first kappa shape index (κ1) is 16.4. The minimum Gasteiger partial charge on any atom is -0.455 e. The fraction of sp³-hybridized carbons (Fsp3) is 0.0769. The lowest BCUT2D eigenvalue weighted by molar-refractivity contribution is 0.665. The molecule has 0 bridgehead atoms. The number of furan rings is 2. The van der Waals surface area contributed by atoms with Gasteiger partial charge >= 0.3 is 0 Å². The third kappa shape index (κ3) is 2.28. The summed E-state index contributed by atoms with van der Waals surface area (Å²) in [6.45, 7) is 2.60. The lowest BCUT2D eigenvalue weighted by Gasteiger charge is -2.06. The van der Waals surface area contributed by atoms with Crippen LogP contribution in [0.3, 0.4) is 0 Å². The van der Waals surface area contributed by atoms with Crippen LogP contribution in [0.4, 0.5) is 0 Å². The minimum absolute atomic E-state index is 0.481. The topological polar surface area (TPSA) is 52.3 Å². The van der Waals surface area contributed by atoms with Crippen LogP contribution in [0.1, 0.15) is 11.1 Å². The molecule has 0 radical (unpaired) electrons. The van der Waals surface area contributed by atoms with Crippen molar-refractivity contribution >= 4 is 43.9 Å². The van der Waals surface area contributed by atoms with Gasteiger partial charge in [-0.3, -0.25) is 0 Å². The summed E-state index contributed by atoms with van der Waals surface area (Å²) < 4.78 is 12.6. The second-order valence-corrected chi connectivity index (χ2v) is 7.57. The Bertz CT molecular complexity index is 1550. The molecule has 0 aliphatic heterocycles. The van der Waals surface area contributed by atoms with Gasteiger partial charge in [-0.05, 0) is 42.3 Å². The summed E-state index contributed by atoms with van der Waals surface area (Å²) in [5.41, 5.74) is 13.9. The molecule has 0 aliphatic rings. The van der Waals surface area contributed by atoms with Crippen LogP contribution in [0.15, 0.2) is 81.6 Å². The van der Waals surface area contributed by atoms with Gasteiger partial charge in [0.15, 0.2) is 0 Å². The van der Waals surface area contributed by atoms with Crippen molar-refractivity contribution in [3.63, 3.8) is 0 Å². The van der Waals surface area contributed by atoms with Crippen molar-refractivity contribution in [3.05, 3.63) is 83.9 Å². The third-order valence-electron chi connectivity index (χ3n) is 5.74. The largest absolute Gasteiger partial charge is 0.455 e. The molecule has 2 heterocycles. The lowest BCUT2D eigenvalue weighted by atomic mass is 9.97. The average molecular weight is 377 g/mol. The van der Waals surface area contributed by atoms with Gasteiger partial charge in [0, 0.05) is 39.2 Å². The maximum absolute atomic E-state index is 6.36. The molecule has 29 heavy (non-hydrogen) atoms. The zero-order valence-corrected chi connectivity index (χ0v) is 16.0. The van der Waals surface area contributed by atoms with Crippen molar-refractivity contribution in [2.45, 2.75) is 13.5 Å². The number of aryl methyl sites for hydroxylation is 1. The Labute approximate surface area is 167 Å². The molecule has 2 N–H and O–H groups in total. The van der Waals surface area contributed by atoms with Crippen LogP contribution in [-0.4, -0.2) is 0 Å². The van der Waals surface area contributed by atoms with Crippen molar-refractivity contribution in [1.82, 2.24) is 0 Å². The molecule has 0 unspecified atom stereocenters. The van der Waals surface area contributed by atoms with Gasteiger partial charge in [0.2, 0.25) is 0 Å². The molecule has 0 spiro atoms. The normalized spacial score (nSPS) is 11.9. The summed E-state index contributed by atoms with van der Waals surface area (Å²) in [6.07, 6.45) is 0. The van der Waals surface area contributed by atoms with Crippen LogP contribution >= 0.6 is 0 Å². The number of rotatable bonds is 2. The maximum atomic E-state index is 6.36. The van der Waals surface area contributed by atoms with E-state index in [-0.39, 0.29) is 0 Å². The maximum Gasteiger partial charge on any atom is 0.143 e. The van der Waals surface area contributed by atoms with E-state index < -0.39 is 0 Å². The predicted molar refractivity (Wildman–Crippen MR) is 119 cm³/mol. The highest BCUT2D eigenvalue weighted by Crippen LogP contribution is 2.42. The summed E-state index contributed by atoms with van der Waals surface area (Å²) in [6, 6.07) is 24.9. The molecule has 0 amide bonds. The molecule has 140 valence electrons. The van der Waals surface area contributed by atoms with Crippen LogP contribution in [-0.2, 0) is 6.54 Å². The molecular formula is C26H19NO2. The van der Waals surface area contributed by atoms with Crippen molar-refractivity contribution in [2.75, 3.05) is 0 Å². The summed E-state index contributed by atoms with van der Waals surface area (Å²) in [5.74, 6) is 0. The van der Waals surface area contributed by atoms with Gasteiger partial charge < -0.3 is 14.6 Å². The minimum atomic E-state index is 0.481. The Morgan fingerprint density at radius 3 is 2.31 bits per heavy atom. The van der Waals surface area contributed by atoms with Crippen LogP contribution in [0.25, 0.3) is 55.0 Å². The predicted octanol–water partition coefficient (Wildman–Crippen LogP) is 6.92. The molecule has 0 saturated carbocycles. The zero-order valence-electron chi connectivity index (χ0n) is 16.0. The first-order valence-corrected chi connectivity index (χ1v) is 9.80. The SMILES string of the molecule is Cc1cc(-c2cccc3c2oc2ccccc23)c2oc3cccc(CN)c3c2c1. The van der Waals surface area contributed by atoms with E-state index >= 15 is 0 Å². The van der Waals surface area contributed by atoms with Crippen LogP contribution in [0.5, 0.6) is 0 Å². The number of hydrogen-bond donors (Lipinski definition) is 1. The Hall–Kier alpha value is -3.56. The summed E-state index contributed by atoms with van der Waals surface area (Å²) in [7, 11) is 0. The molecule has 0 atom stereocenters. The zero-order chi connectivity index (χ0) is 19.5. The van der Waals surface area contributed by atoms with Crippen LogP contribution in [0.2, 0.25) is 0 Å². The van der Waals surface area contributed by atoms with E-state index in [4.69, 9.17) is 14.6 Å². The molecule has 2 aromatic heterocycles. The monoisotopic (exact) mass is 377 g/mol. The molecule has 6 aromatic rings. The number of nitrogens with two attached hydrogens (primary N) is 1. The van der Waals surface area contributed by atoms with Gasteiger partial charge in [-0.2, -0.15) is 0 Å². The van der Waals surface area contributed by atoms with Crippen molar-refractivity contribution < 1.29 is 8.83 Å². The van der Waals surface area contributed by atoms with Gasteiger partial charge in [-0.25, -0.2) is 0 Å². The second kappa shape index (κ2) is 5.97. The van der Waals surface area contributed by atoms with E-state index in [0.717, 1.165) is 60.6 Å². The fourth-order valence-corrected chi connectivity index (χ4v) is 4.48. The van der Waals surface area contributed by atoms with Gasteiger partial charge in [0.05, 0.1) is 0 Å². The average Bonchev–Trinajstić information content (AvgIpc) is 3.31.